The molecule has 0 saturated carbocycles. The monoisotopic (exact) mass is 297 g/mol. The summed E-state index contributed by atoms with van der Waals surface area (Å²) in [6.07, 6.45) is 0. The molecule has 15 heavy (non-hydrogen) atoms. The number of nitrogens with one attached hydrogen (secondary N) is 1. The Kier molecular flexibility index (Phi) is 3.82. The highest BCUT2D eigenvalue weighted by Crippen LogP contribution is 2.17. The molecular weight excluding hydrogens is 286 g/mol. The predicted octanol–water partition coefficient (Wildman–Crippen LogP) is -0.797. The average Bonchev–Trinajstić information content (AvgIpc) is 2.45. The van der Waals surface area contributed by atoms with Crippen LogP contribution >= 0.6 is 15.9 Å². The molecule has 0 radical (unpaired) electrons. The summed E-state index contributed by atoms with van der Waals surface area (Å²) in [5.74, 6) is 0. The SMILES string of the molecule is C[C@H](CN)NS(=O)(=O)c1c(Br)nnn1C. The molecule has 7 nitrogen and oxygen atoms in total. The van der Waals surface area contributed by atoms with E-state index in [0.717, 1.165) is 0 Å². The molecule has 1 heterocycles. The van der Waals surface area contributed by atoms with Crippen molar-refractivity contribution in [2.24, 2.45) is 12.8 Å². The van der Waals surface area contributed by atoms with E-state index in [1.54, 1.807) is 6.92 Å². The Morgan fingerprint density at radius 3 is 2.67 bits per heavy atom. The first-order valence-corrected chi connectivity index (χ1v) is 6.43. The Labute approximate surface area is 96.2 Å². The molecule has 1 atom stereocenters. The van der Waals surface area contributed by atoms with Crippen LogP contribution < -0.4 is 10.5 Å². The summed E-state index contributed by atoms with van der Waals surface area (Å²) in [5, 5.41) is 7.17. The lowest BCUT2D eigenvalue weighted by Gasteiger charge is -2.11. The van der Waals surface area contributed by atoms with Crippen molar-refractivity contribution in [1.29, 1.82) is 0 Å². The van der Waals surface area contributed by atoms with Gasteiger partial charge in [-0.15, -0.1) is 5.10 Å². The lowest BCUT2D eigenvalue weighted by atomic mass is 10.4. The Bertz CT molecular complexity index is 423. The summed E-state index contributed by atoms with van der Waals surface area (Å²) in [6.45, 7) is 1.90. The lowest BCUT2D eigenvalue weighted by Crippen LogP contribution is -2.38. The van der Waals surface area contributed by atoms with Crippen LogP contribution in [0.15, 0.2) is 9.63 Å². The molecule has 0 aliphatic heterocycles. The third-order valence-corrected chi connectivity index (χ3v) is 4.18. The molecular formula is C6H12BrN5O2S. The summed E-state index contributed by atoms with van der Waals surface area (Å²) in [7, 11) is -2.13. The Morgan fingerprint density at radius 1 is 1.67 bits per heavy atom. The summed E-state index contributed by atoms with van der Waals surface area (Å²) in [6, 6.07) is -0.336. The number of nitrogens with zero attached hydrogens (tertiary/aromatic N) is 3. The van der Waals surface area contributed by atoms with Crippen LogP contribution in [0.1, 0.15) is 6.92 Å². The summed E-state index contributed by atoms with van der Waals surface area (Å²) < 4.78 is 27.4. The molecule has 0 saturated heterocycles. The first kappa shape index (κ1) is 12.6. The van der Waals surface area contributed by atoms with Crippen LogP contribution in [-0.4, -0.2) is 36.0 Å². The molecule has 0 amide bonds. The highest BCUT2D eigenvalue weighted by atomic mass is 79.9. The van der Waals surface area contributed by atoms with Crippen molar-refractivity contribution in [2.75, 3.05) is 6.54 Å². The molecule has 0 unspecified atom stereocenters. The number of nitrogens with two attached hydrogens (primary N) is 1. The molecule has 0 bridgehead atoms. The molecule has 0 aromatic carbocycles. The highest BCUT2D eigenvalue weighted by molar-refractivity contribution is 9.10. The molecule has 9 heteroatoms. The van der Waals surface area contributed by atoms with Crippen molar-refractivity contribution >= 4 is 26.0 Å². The normalized spacial score (nSPS) is 14.1. The Hall–Kier alpha value is -0.510. The van der Waals surface area contributed by atoms with Crippen LogP contribution in [0.2, 0.25) is 0 Å². The minimum absolute atomic E-state index is 0.0113. The van der Waals surface area contributed by atoms with Crippen molar-refractivity contribution in [2.45, 2.75) is 18.0 Å². The quantitative estimate of drug-likeness (QED) is 0.758. The number of hydrogen-bond acceptors (Lipinski definition) is 5. The van der Waals surface area contributed by atoms with E-state index in [-0.39, 0.29) is 22.2 Å². The van der Waals surface area contributed by atoms with Gasteiger partial charge in [0.15, 0.2) is 4.60 Å². The van der Waals surface area contributed by atoms with Crippen LogP contribution in [0, 0.1) is 0 Å². The zero-order chi connectivity index (χ0) is 11.6. The van der Waals surface area contributed by atoms with Gasteiger partial charge in [-0.2, -0.15) is 0 Å². The van der Waals surface area contributed by atoms with Gasteiger partial charge in [0.2, 0.25) is 5.03 Å². The van der Waals surface area contributed by atoms with Crippen LogP contribution in [-0.2, 0) is 17.1 Å². The van der Waals surface area contributed by atoms with E-state index in [4.69, 9.17) is 5.73 Å². The van der Waals surface area contributed by atoms with Crippen LogP contribution in [0.25, 0.3) is 0 Å². The number of sulfonamides is 1. The minimum Gasteiger partial charge on any atom is -0.329 e. The van der Waals surface area contributed by atoms with Gasteiger partial charge in [0.05, 0.1) is 0 Å². The van der Waals surface area contributed by atoms with Gasteiger partial charge in [-0.25, -0.2) is 17.8 Å². The number of rotatable bonds is 4. The van der Waals surface area contributed by atoms with E-state index < -0.39 is 10.0 Å². The average molecular weight is 298 g/mol. The van der Waals surface area contributed by atoms with E-state index in [9.17, 15) is 8.42 Å². The first-order chi connectivity index (χ1) is 6.88. The van der Waals surface area contributed by atoms with E-state index in [0.29, 0.717) is 0 Å². The number of aryl methyl sites for hydroxylation is 1. The van der Waals surface area contributed by atoms with Gasteiger partial charge < -0.3 is 5.73 Å². The van der Waals surface area contributed by atoms with E-state index >= 15 is 0 Å². The fraction of sp³-hybridized carbons (Fsp3) is 0.667. The van der Waals surface area contributed by atoms with E-state index in [1.807, 2.05) is 0 Å². The fourth-order valence-electron chi connectivity index (χ4n) is 0.977. The third kappa shape index (κ3) is 2.74. The Balaban J connectivity index is 3.07. The summed E-state index contributed by atoms with van der Waals surface area (Å²) >= 11 is 3.02. The smallest absolute Gasteiger partial charge is 0.260 e. The zero-order valence-corrected chi connectivity index (χ0v) is 10.7. The first-order valence-electron chi connectivity index (χ1n) is 4.16. The van der Waals surface area contributed by atoms with Crippen molar-refractivity contribution < 1.29 is 8.42 Å². The largest absolute Gasteiger partial charge is 0.329 e. The maximum Gasteiger partial charge on any atom is 0.260 e. The van der Waals surface area contributed by atoms with Crippen molar-refractivity contribution in [3.8, 4) is 0 Å². The van der Waals surface area contributed by atoms with Crippen LogP contribution in [0.4, 0.5) is 0 Å². The van der Waals surface area contributed by atoms with Gasteiger partial charge in [0.1, 0.15) is 0 Å². The van der Waals surface area contributed by atoms with Gasteiger partial charge in [-0.05, 0) is 22.9 Å². The van der Waals surface area contributed by atoms with Crippen LogP contribution in [0.5, 0.6) is 0 Å². The second-order valence-corrected chi connectivity index (χ2v) is 5.45. The predicted molar refractivity (Wildman–Crippen MR) is 57.5 cm³/mol. The number of aromatic nitrogens is 3. The van der Waals surface area contributed by atoms with Gasteiger partial charge in [0, 0.05) is 19.6 Å². The topological polar surface area (TPSA) is 103 Å². The van der Waals surface area contributed by atoms with Gasteiger partial charge in [-0.3, -0.25) is 0 Å². The molecule has 0 aliphatic rings. The van der Waals surface area contributed by atoms with Crippen molar-refractivity contribution in [1.82, 2.24) is 19.7 Å². The van der Waals surface area contributed by atoms with Crippen LogP contribution in [0.3, 0.4) is 0 Å². The molecule has 0 spiro atoms. The number of halogens is 1. The summed E-state index contributed by atoms with van der Waals surface area (Å²) in [5.41, 5.74) is 5.33. The van der Waals surface area contributed by atoms with Crippen molar-refractivity contribution in [3.05, 3.63) is 4.60 Å². The lowest BCUT2D eigenvalue weighted by molar-refractivity contribution is 0.544. The zero-order valence-electron chi connectivity index (χ0n) is 8.31. The molecule has 86 valence electrons. The molecule has 1 aromatic heterocycles. The van der Waals surface area contributed by atoms with Gasteiger partial charge >= 0.3 is 0 Å². The number of hydrogen-bond donors (Lipinski definition) is 2. The molecule has 1 aromatic rings. The highest BCUT2D eigenvalue weighted by Gasteiger charge is 2.24. The Morgan fingerprint density at radius 2 is 2.27 bits per heavy atom. The summed E-state index contributed by atoms with van der Waals surface area (Å²) in [4.78, 5) is 0. The van der Waals surface area contributed by atoms with Gasteiger partial charge in [-0.1, -0.05) is 5.21 Å². The maximum atomic E-state index is 11.8. The fourth-order valence-corrected chi connectivity index (χ4v) is 3.33. The second-order valence-electron chi connectivity index (χ2n) is 3.07. The minimum atomic E-state index is -3.63. The van der Waals surface area contributed by atoms with Crippen molar-refractivity contribution in [3.63, 3.8) is 0 Å². The standard InChI is InChI=1S/C6H12BrN5O2S/c1-4(3-8)10-15(13,14)6-5(7)9-11-12(6)2/h4,10H,3,8H2,1-2H3/t4-/m1/s1. The van der Waals surface area contributed by atoms with Gasteiger partial charge in [0.25, 0.3) is 10.0 Å². The molecule has 1 rings (SSSR count). The molecule has 3 N–H and O–H groups in total. The van der Waals surface area contributed by atoms with E-state index in [1.165, 1.54) is 11.7 Å². The third-order valence-electron chi connectivity index (χ3n) is 1.70. The second kappa shape index (κ2) is 4.56. The van der Waals surface area contributed by atoms with E-state index in [2.05, 4.69) is 31.0 Å². The maximum absolute atomic E-state index is 11.8. The molecule has 0 aliphatic carbocycles. The molecule has 0 fully saturated rings.